The molecule has 3 amide bonds. The molecule has 0 aromatic carbocycles. The Kier molecular flexibility index (Phi) is 9.89. The molecule has 5 heterocycles. The van der Waals surface area contributed by atoms with Gasteiger partial charge in [0.25, 0.3) is 0 Å². The van der Waals surface area contributed by atoms with Crippen LogP contribution in [0.15, 0.2) is 24.3 Å². The molecule has 5 rings (SSSR count). The van der Waals surface area contributed by atoms with Crippen LogP contribution in [-0.4, -0.2) is 132 Å². The maximum atomic E-state index is 14.7. The average Bonchev–Trinajstić information content (AvgIpc) is 3.65. The van der Waals surface area contributed by atoms with Crippen molar-refractivity contribution in [2.24, 2.45) is 17.8 Å². The zero-order valence-electron chi connectivity index (χ0n) is 25.5. The normalized spacial score (nSPS) is 36.0. The van der Waals surface area contributed by atoms with Gasteiger partial charge in [-0.25, -0.2) is 0 Å². The maximum Gasteiger partial charge on any atom is 0.313 e. The van der Waals surface area contributed by atoms with Crippen molar-refractivity contribution < 1.29 is 38.5 Å². The summed E-state index contributed by atoms with van der Waals surface area (Å²) in [5, 5.41) is 13.4. The number of carbonyl (C=O) groups excluding carboxylic acids is 4. The van der Waals surface area contributed by atoms with Gasteiger partial charge in [0, 0.05) is 39.1 Å². The first-order valence-electron chi connectivity index (χ1n) is 15.7. The number of aliphatic hydroxyl groups is 1. The lowest BCUT2D eigenvalue weighted by Gasteiger charge is -2.41. The molecule has 3 fully saturated rings. The number of morpholine rings is 1. The number of cyclic esters (lactones) is 1. The lowest BCUT2D eigenvalue weighted by atomic mass is 9.74. The second-order valence-electron chi connectivity index (χ2n) is 12.4. The largest absolute Gasteiger partial charge is 0.460 e. The number of hydrogen-bond acceptors (Lipinski definition) is 9. The monoisotopic (exact) mass is 602 g/mol. The summed E-state index contributed by atoms with van der Waals surface area (Å²) in [6, 6.07) is -1.68. The number of allylic oxidation sites excluding steroid dienone is 1. The third-order valence-corrected chi connectivity index (χ3v) is 9.70. The quantitative estimate of drug-likeness (QED) is 0.307. The number of aliphatic hydroxyl groups excluding tert-OH is 1. The van der Waals surface area contributed by atoms with Gasteiger partial charge in [0.15, 0.2) is 0 Å². The molecule has 1 spiro atoms. The summed E-state index contributed by atoms with van der Waals surface area (Å²) < 4.78 is 17.7. The minimum atomic E-state index is -1.35. The van der Waals surface area contributed by atoms with Gasteiger partial charge in [-0.05, 0) is 19.3 Å². The third-order valence-electron chi connectivity index (χ3n) is 9.70. The Morgan fingerprint density at radius 1 is 1.12 bits per heavy atom. The van der Waals surface area contributed by atoms with Gasteiger partial charge >= 0.3 is 5.97 Å². The Labute approximate surface area is 253 Å². The number of esters is 1. The molecule has 0 aromatic heterocycles. The van der Waals surface area contributed by atoms with Crippen LogP contribution in [0.3, 0.4) is 0 Å². The zero-order chi connectivity index (χ0) is 30.7. The highest BCUT2D eigenvalue weighted by Crippen LogP contribution is 2.56. The van der Waals surface area contributed by atoms with Gasteiger partial charge in [-0.15, -0.1) is 0 Å². The first kappa shape index (κ1) is 31.6. The molecule has 0 radical (unpaired) electrons. The van der Waals surface area contributed by atoms with E-state index in [0.717, 1.165) is 13.1 Å². The predicted molar refractivity (Wildman–Crippen MR) is 155 cm³/mol. The van der Waals surface area contributed by atoms with Crippen molar-refractivity contribution >= 4 is 23.7 Å². The Hall–Kier alpha value is -2.80. The highest BCUT2D eigenvalue weighted by Gasteiger charge is 2.74. The molecule has 0 aromatic rings. The molecule has 5 aliphatic rings. The Bertz CT molecular complexity index is 1120. The van der Waals surface area contributed by atoms with Gasteiger partial charge in [0.2, 0.25) is 17.7 Å². The molecule has 12 nitrogen and oxygen atoms in total. The van der Waals surface area contributed by atoms with E-state index in [9.17, 15) is 24.3 Å². The van der Waals surface area contributed by atoms with E-state index >= 15 is 0 Å². The molecule has 0 unspecified atom stereocenters. The van der Waals surface area contributed by atoms with Crippen molar-refractivity contribution in [1.82, 2.24) is 20.0 Å². The van der Waals surface area contributed by atoms with E-state index in [1.807, 2.05) is 26.0 Å². The van der Waals surface area contributed by atoms with E-state index in [4.69, 9.17) is 14.2 Å². The lowest BCUT2D eigenvalue weighted by molar-refractivity contribution is -0.159. The second-order valence-corrected chi connectivity index (χ2v) is 12.4. The zero-order valence-corrected chi connectivity index (χ0v) is 25.5. The number of nitrogens with zero attached hydrogens (tertiary/aromatic N) is 3. The van der Waals surface area contributed by atoms with Crippen LogP contribution in [0.2, 0.25) is 0 Å². The number of likely N-dealkylation sites (tertiary alicyclic amines) is 1. The molecule has 238 valence electrons. The van der Waals surface area contributed by atoms with Gasteiger partial charge in [-0.3, -0.25) is 24.1 Å². The average molecular weight is 603 g/mol. The van der Waals surface area contributed by atoms with Gasteiger partial charge < -0.3 is 34.4 Å². The van der Waals surface area contributed by atoms with Gasteiger partial charge in [0.1, 0.15) is 23.7 Å². The number of fused-ring (bicyclic) bond motifs is 2. The number of rotatable bonds is 7. The van der Waals surface area contributed by atoms with E-state index in [1.54, 1.807) is 24.0 Å². The fraction of sp³-hybridized carbons (Fsp3) is 0.742. The van der Waals surface area contributed by atoms with Crippen LogP contribution in [0.25, 0.3) is 0 Å². The molecular formula is C31H46N4O8. The van der Waals surface area contributed by atoms with E-state index in [1.165, 1.54) is 4.90 Å². The summed E-state index contributed by atoms with van der Waals surface area (Å²) in [5.74, 6) is -3.42. The molecule has 3 saturated heterocycles. The van der Waals surface area contributed by atoms with Crippen LogP contribution < -0.4 is 5.32 Å². The minimum Gasteiger partial charge on any atom is -0.460 e. The van der Waals surface area contributed by atoms with Crippen molar-refractivity contribution in [1.29, 1.82) is 0 Å². The Balaban J connectivity index is 1.54. The lowest BCUT2D eigenvalue weighted by Crippen LogP contribution is -2.60. The van der Waals surface area contributed by atoms with Crippen molar-refractivity contribution in [2.75, 3.05) is 59.1 Å². The summed E-state index contributed by atoms with van der Waals surface area (Å²) in [6.07, 6.45) is 7.43. The van der Waals surface area contributed by atoms with Crippen LogP contribution >= 0.6 is 0 Å². The fourth-order valence-corrected chi connectivity index (χ4v) is 7.08. The van der Waals surface area contributed by atoms with E-state index in [0.29, 0.717) is 39.1 Å². The van der Waals surface area contributed by atoms with Crippen molar-refractivity contribution in [3.8, 4) is 0 Å². The van der Waals surface area contributed by atoms with E-state index < -0.39 is 47.7 Å². The summed E-state index contributed by atoms with van der Waals surface area (Å²) >= 11 is 0. The summed E-state index contributed by atoms with van der Waals surface area (Å²) in [5.41, 5.74) is -1.35. The van der Waals surface area contributed by atoms with Crippen LogP contribution in [0.4, 0.5) is 0 Å². The highest BCUT2D eigenvalue weighted by molar-refractivity contribution is 5.99. The van der Waals surface area contributed by atoms with Gasteiger partial charge in [0.05, 0.1) is 44.4 Å². The first-order valence-corrected chi connectivity index (χ1v) is 15.7. The number of nitrogens with one attached hydrogen (secondary N) is 1. The molecular weight excluding hydrogens is 556 g/mol. The summed E-state index contributed by atoms with van der Waals surface area (Å²) in [4.78, 5) is 60.6. The standard InChI is InChI=1S/C31H46N4O8/c1-4-20(2)22(19-36)35-27-29(39)34(13-12-33-14-16-41-17-15-33)11-7-5-6-8-24(37)32-18-21(3)42-30(40)25-23-9-10-31(27,43-23)26(25)28(35)38/h5,7,9-10,20-23,25-27,36H,4,6,8,11-19H2,1-3H3,(H,32,37)/b7-5-/t20-,21+,22-,23-,25+,26+,27-,31+/m0/s1. The minimum absolute atomic E-state index is 0.103. The predicted octanol–water partition coefficient (Wildman–Crippen LogP) is 0.103. The van der Waals surface area contributed by atoms with Crippen molar-refractivity contribution in [2.45, 2.75) is 69.9 Å². The maximum absolute atomic E-state index is 14.7. The van der Waals surface area contributed by atoms with Crippen molar-refractivity contribution in [3.63, 3.8) is 0 Å². The summed E-state index contributed by atoms with van der Waals surface area (Å²) in [7, 11) is 0. The van der Waals surface area contributed by atoms with Gasteiger partial charge in [-0.2, -0.15) is 0 Å². The van der Waals surface area contributed by atoms with Crippen LogP contribution in [0.1, 0.15) is 40.0 Å². The number of carbonyl (C=O) groups is 4. The number of ether oxygens (including phenoxy) is 3. The number of amides is 3. The van der Waals surface area contributed by atoms with Crippen LogP contribution in [0.5, 0.6) is 0 Å². The Morgan fingerprint density at radius 3 is 2.60 bits per heavy atom. The third kappa shape index (κ3) is 6.11. The molecule has 2 N–H and O–H groups in total. The first-order chi connectivity index (χ1) is 20.7. The number of hydrogen-bond donors (Lipinski definition) is 2. The molecule has 5 aliphatic heterocycles. The van der Waals surface area contributed by atoms with E-state index in [2.05, 4.69) is 10.2 Å². The Morgan fingerprint density at radius 2 is 1.88 bits per heavy atom. The molecule has 5 bridgehead atoms. The van der Waals surface area contributed by atoms with Crippen molar-refractivity contribution in [3.05, 3.63) is 24.3 Å². The fourth-order valence-electron chi connectivity index (χ4n) is 7.08. The smallest absolute Gasteiger partial charge is 0.313 e. The molecule has 0 saturated carbocycles. The van der Waals surface area contributed by atoms with Crippen LogP contribution in [0, 0.1) is 17.8 Å². The van der Waals surface area contributed by atoms with Crippen LogP contribution in [-0.2, 0) is 33.4 Å². The summed E-state index contributed by atoms with van der Waals surface area (Å²) in [6.45, 7) is 9.58. The van der Waals surface area contributed by atoms with Gasteiger partial charge in [-0.1, -0.05) is 44.6 Å². The highest BCUT2D eigenvalue weighted by atomic mass is 16.6. The molecule has 43 heavy (non-hydrogen) atoms. The topological polar surface area (TPSA) is 138 Å². The SMILES string of the molecule is CC[C@H](C)[C@H](CO)N1C(=O)[C@H]2[C@@H]3C(=O)O[C@H](C)CNC(=O)CC/C=C\CN(CCN4CCOCC4)C(=O)[C@H]1[C@@]21C=C[C@@H]3O1. The second kappa shape index (κ2) is 13.5. The van der Waals surface area contributed by atoms with E-state index in [-0.39, 0.29) is 49.8 Å². The molecule has 0 aliphatic carbocycles. The molecule has 8 atom stereocenters. The molecule has 12 heteroatoms.